The Morgan fingerprint density at radius 3 is 2.30 bits per heavy atom. The van der Waals surface area contributed by atoms with Gasteiger partial charge in [-0.25, -0.2) is 4.79 Å². The van der Waals surface area contributed by atoms with Crippen molar-refractivity contribution in [3.63, 3.8) is 0 Å². The molecule has 1 N–H and O–H groups in total. The van der Waals surface area contributed by atoms with Crippen molar-refractivity contribution in [2.75, 3.05) is 37.8 Å². The van der Waals surface area contributed by atoms with Crippen LogP contribution in [0.4, 0.5) is 10.5 Å². The van der Waals surface area contributed by atoms with E-state index < -0.39 is 0 Å². The number of hydrogen-bond donors (Lipinski definition) is 1. The molecule has 0 spiro atoms. The van der Waals surface area contributed by atoms with E-state index in [1.54, 1.807) is 11.8 Å². The zero-order valence-corrected chi connectivity index (χ0v) is 14.8. The number of nitrogens with zero attached hydrogens (tertiary/aromatic N) is 2. The van der Waals surface area contributed by atoms with Crippen molar-refractivity contribution in [1.29, 1.82) is 0 Å². The van der Waals surface area contributed by atoms with Crippen LogP contribution in [-0.4, -0.2) is 54.3 Å². The van der Waals surface area contributed by atoms with Gasteiger partial charge in [0.05, 0.1) is 0 Å². The lowest BCUT2D eigenvalue weighted by atomic mass is 10.0. The summed E-state index contributed by atoms with van der Waals surface area (Å²) in [7, 11) is 0. The lowest BCUT2D eigenvalue weighted by Gasteiger charge is -2.40. The summed E-state index contributed by atoms with van der Waals surface area (Å²) in [5, 5.41) is 3.02. The van der Waals surface area contributed by atoms with E-state index in [-0.39, 0.29) is 6.03 Å². The molecule has 126 valence electrons. The molecule has 23 heavy (non-hydrogen) atoms. The van der Waals surface area contributed by atoms with E-state index in [2.05, 4.69) is 16.5 Å². The number of amides is 2. The molecule has 2 fully saturated rings. The Balaban J connectivity index is 1.47. The van der Waals surface area contributed by atoms with Crippen LogP contribution in [0.5, 0.6) is 0 Å². The number of carbonyl (C=O) groups excluding carboxylic acids is 1. The summed E-state index contributed by atoms with van der Waals surface area (Å²) in [6.07, 6.45) is 8.34. The molecule has 0 bridgehead atoms. The highest BCUT2D eigenvalue weighted by molar-refractivity contribution is 7.98. The lowest BCUT2D eigenvalue weighted by molar-refractivity contribution is 0.104. The molecule has 5 heteroatoms. The van der Waals surface area contributed by atoms with Crippen molar-refractivity contribution in [2.24, 2.45) is 0 Å². The third-order valence-corrected chi connectivity index (χ3v) is 5.74. The van der Waals surface area contributed by atoms with Crippen LogP contribution in [0.25, 0.3) is 0 Å². The molecule has 2 aliphatic heterocycles. The first-order valence-electron chi connectivity index (χ1n) is 8.70. The van der Waals surface area contributed by atoms with Crippen molar-refractivity contribution in [1.82, 2.24) is 9.80 Å². The molecule has 0 aliphatic carbocycles. The summed E-state index contributed by atoms with van der Waals surface area (Å²) in [5.74, 6) is 0. The van der Waals surface area contributed by atoms with Crippen LogP contribution in [0.3, 0.4) is 0 Å². The fourth-order valence-electron chi connectivity index (χ4n) is 3.59. The number of nitrogens with one attached hydrogen (secondary N) is 1. The van der Waals surface area contributed by atoms with Crippen molar-refractivity contribution in [3.05, 3.63) is 24.3 Å². The topological polar surface area (TPSA) is 35.6 Å². The Kier molecular flexibility index (Phi) is 5.84. The summed E-state index contributed by atoms with van der Waals surface area (Å²) < 4.78 is 0. The van der Waals surface area contributed by atoms with Gasteiger partial charge in [0.15, 0.2) is 0 Å². The molecule has 0 saturated carbocycles. The van der Waals surface area contributed by atoms with E-state index in [1.807, 2.05) is 29.2 Å². The molecule has 0 unspecified atom stereocenters. The second kappa shape index (κ2) is 8.06. The van der Waals surface area contributed by atoms with Gasteiger partial charge in [0.25, 0.3) is 0 Å². The minimum Gasteiger partial charge on any atom is -0.324 e. The summed E-state index contributed by atoms with van der Waals surface area (Å²) in [5.41, 5.74) is 0.881. The average Bonchev–Trinajstić information content (AvgIpc) is 2.63. The summed E-state index contributed by atoms with van der Waals surface area (Å²) in [4.78, 5) is 18.2. The zero-order valence-electron chi connectivity index (χ0n) is 14.0. The number of rotatable bonds is 3. The first-order valence-corrected chi connectivity index (χ1v) is 9.93. The number of carbonyl (C=O) groups is 1. The lowest BCUT2D eigenvalue weighted by Crippen LogP contribution is -2.49. The number of piperidine rings is 2. The fourth-order valence-corrected chi connectivity index (χ4v) is 4.00. The molecule has 3 rings (SSSR count). The highest BCUT2D eigenvalue weighted by atomic mass is 32.2. The molecule has 0 atom stereocenters. The van der Waals surface area contributed by atoms with Crippen LogP contribution in [0.1, 0.15) is 32.1 Å². The molecular weight excluding hydrogens is 306 g/mol. The van der Waals surface area contributed by atoms with Gasteiger partial charge in [-0.05, 0) is 69.3 Å². The van der Waals surface area contributed by atoms with Crippen LogP contribution in [0.2, 0.25) is 0 Å². The van der Waals surface area contributed by atoms with Gasteiger partial charge < -0.3 is 15.1 Å². The normalized spacial score (nSPS) is 20.5. The van der Waals surface area contributed by atoms with Crippen LogP contribution >= 0.6 is 11.8 Å². The first kappa shape index (κ1) is 16.7. The maximum Gasteiger partial charge on any atom is 0.321 e. The Hall–Kier alpha value is -1.20. The van der Waals surface area contributed by atoms with Gasteiger partial charge in [-0.1, -0.05) is 6.42 Å². The van der Waals surface area contributed by atoms with Gasteiger partial charge >= 0.3 is 6.03 Å². The van der Waals surface area contributed by atoms with Crippen molar-refractivity contribution >= 4 is 23.5 Å². The third-order valence-electron chi connectivity index (χ3n) is 5.00. The van der Waals surface area contributed by atoms with Crippen molar-refractivity contribution < 1.29 is 4.79 Å². The zero-order chi connectivity index (χ0) is 16.1. The Morgan fingerprint density at radius 1 is 1.04 bits per heavy atom. The monoisotopic (exact) mass is 333 g/mol. The molecule has 1 aromatic rings. The number of anilines is 1. The van der Waals surface area contributed by atoms with Crippen LogP contribution in [0.15, 0.2) is 29.2 Å². The standard InChI is InChI=1S/C18H27N3OS/c1-23-17-7-5-15(6-8-17)19-18(22)21-13-9-16(10-14-21)20-11-3-2-4-12-20/h5-8,16H,2-4,9-14H2,1H3,(H,19,22). The molecule has 0 aromatic heterocycles. The number of hydrogen-bond acceptors (Lipinski definition) is 3. The fraction of sp³-hybridized carbons (Fsp3) is 0.611. The van der Waals surface area contributed by atoms with Crippen molar-refractivity contribution in [3.8, 4) is 0 Å². The van der Waals surface area contributed by atoms with Crippen LogP contribution in [-0.2, 0) is 0 Å². The minimum atomic E-state index is 0.0407. The Morgan fingerprint density at radius 2 is 1.70 bits per heavy atom. The number of likely N-dealkylation sites (tertiary alicyclic amines) is 2. The quantitative estimate of drug-likeness (QED) is 0.853. The van der Waals surface area contributed by atoms with E-state index >= 15 is 0 Å². The summed E-state index contributed by atoms with van der Waals surface area (Å²) in [6, 6.07) is 8.76. The number of urea groups is 1. The van der Waals surface area contributed by atoms with Gasteiger partial charge in [0, 0.05) is 29.7 Å². The van der Waals surface area contributed by atoms with E-state index in [1.165, 1.54) is 37.2 Å². The van der Waals surface area contributed by atoms with Crippen LogP contribution in [0, 0.1) is 0 Å². The van der Waals surface area contributed by atoms with E-state index in [0.29, 0.717) is 6.04 Å². The maximum absolute atomic E-state index is 12.4. The highest BCUT2D eigenvalue weighted by Crippen LogP contribution is 2.22. The predicted molar refractivity (Wildman–Crippen MR) is 97.3 cm³/mol. The molecule has 1 aromatic carbocycles. The first-order chi connectivity index (χ1) is 11.3. The molecule has 4 nitrogen and oxygen atoms in total. The van der Waals surface area contributed by atoms with E-state index in [0.717, 1.165) is 31.6 Å². The Labute approximate surface area is 143 Å². The molecule has 2 amide bonds. The molecule has 2 aliphatic rings. The molecule has 2 saturated heterocycles. The summed E-state index contributed by atoms with van der Waals surface area (Å²) in [6.45, 7) is 4.24. The molecular formula is C18H27N3OS. The average molecular weight is 334 g/mol. The third kappa shape index (κ3) is 4.42. The largest absolute Gasteiger partial charge is 0.324 e. The second-order valence-corrected chi connectivity index (χ2v) is 7.35. The minimum absolute atomic E-state index is 0.0407. The van der Waals surface area contributed by atoms with Gasteiger partial charge in [-0.3, -0.25) is 0 Å². The van der Waals surface area contributed by atoms with Crippen LogP contribution < -0.4 is 5.32 Å². The van der Waals surface area contributed by atoms with Gasteiger partial charge in [-0.15, -0.1) is 11.8 Å². The molecule has 0 radical (unpaired) electrons. The highest BCUT2D eigenvalue weighted by Gasteiger charge is 2.27. The van der Waals surface area contributed by atoms with Gasteiger partial charge in [0.1, 0.15) is 0 Å². The predicted octanol–water partition coefficient (Wildman–Crippen LogP) is 3.89. The smallest absolute Gasteiger partial charge is 0.321 e. The number of thioether (sulfide) groups is 1. The molecule has 2 heterocycles. The van der Waals surface area contributed by atoms with Gasteiger partial charge in [-0.2, -0.15) is 0 Å². The van der Waals surface area contributed by atoms with E-state index in [4.69, 9.17) is 0 Å². The number of benzene rings is 1. The van der Waals surface area contributed by atoms with Crippen molar-refractivity contribution in [2.45, 2.75) is 43.0 Å². The Bertz CT molecular complexity index is 506. The van der Waals surface area contributed by atoms with E-state index in [9.17, 15) is 4.79 Å². The van der Waals surface area contributed by atoms with Gasteiger partial charge in [0.2, 0.25) is 0 Å². The second-order valence-electron chi connectivity index (χ2n) is 6.47. The maximum atomic E-state index is 12.4. The summed E-state index contributed by atoms with van der Waals surface area (Å²) >= 11 is 1.71. The SMILES string of the molecule is CSc1ccc(NC(=O)N2CCC(N3CCCCC3)CC2)cc1.